The quantitative estimate of drug-likeness (QED) is 0.707. The monoisotopic (exact) mass is 189 g/mol. The summed E-state index contributed by atoms with van der Waals surface area (Å²) in [5.41, 5.74) is 4.80. The van der Waals surface area contributed by atoms with Gasteiger partial charge in [-0.2, -0.15) is 0 Å². The van der Waals surface area contributed by atoms with E-state index in [0.29, 0.717) is 5.92 Å². The molecule has 13 heavy (non-hydrogen) atoms. The average molecular weight is 189 g/mol. The Morgan fingerprint density at radius 2 is 1.62 bits per heavy atom. The second-order valence-corrected chi connectivity index (χ2v) is 3.78. The Balaban J connectivity index is 0. The zero-order chi connectivity index (χ0) is 11.0. The van der Waals surface area contributed by atoms with Crippen molar-refractivity contribution in [1.29, 1.82) is 0 Å². The van der Waals surface area contributed by atoms with Crippen LogP contribution < -0.4 is 5.73 Å². The molecule has 3 heteroatoms. The van der Waals surface area contributed by atoms with Gasteiger partial charge in [0.2, 0.25) is 5.91 Å². The van der Waals surface area contributed by atoms with Crippen molar-refractivity contribution >= 4 is 5.91 Å². The first kappa shape index (κ1) is 14.9. The summed E-state index contributed by atoms with van der Waals surface area (Å²) in [5, 5.41) is 8.94. The maximum Gasteiger partial charge on any atom is 0.219 e. The van der Waals surface area contributed by atoms with Crippen LogP contribution in [0.15, 0.2) is 0 Å². The molecule has 1 unspecified atom stereocenters. The molecule has 0 saturated heterocycles. The largest absolute Gasteiger partial charge is 0.393 e. The van der Waals surface area contributed by atoms with E-state index in [4.69, 9.17) is 10.8 Å². The number of amides is 1. The molecule has 0 spiro atoms. The summed E-state index contributed by atoms with van der Waals surface area (Å²) in [7, 11) is 0. The van der Waals surface area contributed by atoms with Crippen molar-refractivity contribution < 1.29 is 9.90 Å². The highest BCUT2D eigenvalue weighted by molar-refractivity contribution is 5.75. The van der Waals surface area contributed by atoms with E-state index in [-0.39, 0.29) is 17.9 Å². The fourth-order valence-electron chi connectivity index (χ4n) is 0.471. The van der Waals surface area contributed by atoms with Crippen molar-refractivity contribution in [2.24, 2.45) is 17.6 Å². The number of aliphatic hydroxyl groups is 1. The minimum atomic E-state index is -0.241. The van der Waals surface area contributed by atoms with Crippen molar-refractivity contribution in [2.75, 3.05) is 0 Å². The van der Waals surface area contributed by atoms with Gasteiger partial charge in [-0.3, -0.25) is 4.79 Å². The van der Waals surface area contributed by atoms with E-state index in [0.717, 1.165) is 6.42 Å². The number of nitrogens with two attached hydrogens (primary N) is 1. The lowest BCUT2D eigenvalue weighted by Crippen LogP contribution is -2.17. The lowest BCUT2D eigenvalue weighted by atomic mass is 10.1. The van der Waals surface area contributed by atoms with Crippen LogP contribution in [0.25, 0.3) is 0 Å². The van der Waals surface area contributed by atoms with Crippen molar-refractivity contribution in [3.8, 4) is 0 Å². The molecule has 0 rings (SSSR count). The zero-order valence-electron chi connectivity index (χ0n) is 9.37. The van der Waals surface area contributed by atoms with Crippen LogP contribution in [0.3, 0.4) is 0 Å². The molecule has 0 aromatic heterocycles. The van der Waals surface area contributed by atoms with Gasteiger partial charge in [-0.05, 0) is 12.3 Å². The van der Waals surface area contributed by atoms with E-state index >= 15 is 0 Å². The second kappa shape index (κ2) is 8.05. The first-order valence-electron chi connectivity index (χ1n) is 4.80. The van der Waals surface area contributed by atoms with Crippen molar-refractivity contribution in [3.63, 3.8) is 0 Å². The van der Waals surface area contributed by atoms with Gasteiger partial charge in [0.05, 0.1) is 6.10 Å². The molecule has 0 aromatic rings. The minimum Gasteiger partial charge on any atom is -0.393 e. The molecule has 0 fully saturated rings. The highest BCUT2D eigenvalue weighted by Crippen LogP contribution is 2.02. The van der Waals surface area contributed by atoms with E-state index in [1.165, 1.54) is 0 Å². The van der Waals surface area contributed by atoms with Crippen LogP contribution in [0.4, 0.5) is 0 Å². The highest BCUT2D eigenvalue weighted by atomic mass is 16.3. The summed E-state index contributed by atoms with van der Waals surface area (Å²) in [6, 6.07) is 0. The fourth-order valence-corrected chi connectivity index (χ4v) is 0.471. The number of hydrogen-bond donors (Lipinski definition) is 2. The predicted octanol–water partition coefficient (Wildman–Crippen LogP) is 1.54. The number of rotatable bonds is 3. The molecule has 0 aliphatic carbocycles. The van der Waals surface area contributed by atoms with Crippen molar-refractivity contribution in [2.45, 2.75) is 47.1 Å². The van der Waals surface area contributed by atoms with E-state index in [1.807, 2.05) is 20.8 Å². The Morgan fingerprint density at radius 3 is 1.62 bits per heavy atom. The summed E-state index contributed by atoms with van der Waals surface area (Å²) in [6.45, 7) is 9.57. The van der Waals surface area contributed by atoms with Gasteiger partial charge in [-0.15, -0.1) is 0 Å². The fraction of sp³-hybridized carbons (Fsp3) is 0.900. The van der Waals surface area contributed by atoms with E-state index < -0.39 is 0 Å². The molecule has 0 radical (unpaired) electrons. The molecule has 0 aromatic carbocycles. The van der Waals surface area contributed by atoms with Crippen molar-refractivity contribution in [1.82, 2.24) is 0 Å². The lowest BCUT2D eigenvalue weighted by molar-refractivity contribution is -0.120. The normalized spacial score (nSPS) is 12.3. The molecular weight excluding hydrogens is 166 g/mol. The molecule has 3 nitrogen and oxygen atoms in total. The van der Waals surface area contributed by atoms with Crippen LogP contribution in [0, 0.1) is 11.8 Å². The summed E-state index contributed by atoms with van der Waals surface area (Å²) >= 11 is 0. The third-order valence-electron chi connectivity index (χ3n) is 1.76. The smallest absolute Gasteiger partial charge is 0.219 e. The second-order valence-electron chi connectivity index (χ2n) is 3.78. The first-order chi connectivity index (χ1) is 5.82. The van der Waals surface area contributed by atoms with Gasteiger partial charge in [0.25, 0.3) is 0 Å². The molecule has 0 heterocycles. The Bertz CT molecular complexity index is 133. The standard InChI is InChI=1S/C6H14O.C4H9NO/c1-4-6(7)5(2)3;1-3(2)4(5)6/h5-7H,4H2,1-3H3;3H,1-2H3,(H2,5,6). The van der Waals surface area contributed by atoms with Crippen LogP contribution in [0.1, 0.15) is 41.0 Å². The van der Waals surface area contributed by atoms with Gasteiger partial charge in [-0.25, -0.2) is 0 Å². The third kappa shape index (κ3) is 11.4. The molecule has 0 bridgehead atoms. The highest BCUT2D eigenvalue weighted by Gasteiger charge is 2.03. The molecule has 0 aliphatic rings. The van der Waals surface area contributed by atoms with Gasteiger partial charge in [0.1, 0.15) is 0 Å². The molecule has 0 aliphatic heterocycles. The summed E-state index contributed by atoms with van der Waals surface area (Å²) in [6.07, 6.45) is 0.775. The van der Waals surface area contributed by atoms with Crippen LogP contribution in [0.2, 0.25) is 0 Å². The Labute approximate surface area is 81.3 Å². The maximum atomic E-state index is 9.92. The maximum absolute atomic E-state index is 9.92. The number of primary amides is 1. The molecule has 80 valence electrons. The SMILES string of the molecule is CC(C)C(N)=O.CCC(O)C(C)C. The van der Waals surface area contributed by atoms with Crippen LogP contribution in [-0.4, -0.2) is 17.1 Å². The lowest BCUT2D eigenvalue weighted by Gasteiger charge is -2.09. The number of carbonyl (C=O) groups is 1. The number of carbonyl (C=O) groups excluding carboxylic acids is 1. The summed E-state index contributed by atoms with van der Waals surface area (Å²) in [5.74, 6) is 0.171. The topological polar surface area (TPSA) is 63.3 Å². The predicted molar refractivity (Wildman–Crippen MR) is 55.2 cm³/mol. The Hall–Kier alpha value is -0.570. The van der Waals surface area contributed by atoms with Gasteiger partial charge < -0.3 is 10.8 Å². The van der Waals surface area contributed by atoms with Crippen molar-refractivity contribution in [3.05, 3.63) is 0 Å². The van der Waals surface area contributed by atoms with E-state index in [1.54, 1.807) is 13.8 Å². The van der Waals surface area contributed by atoms with Gasteiger partial charge in [0.15, 0.2) is 0 Å². The zero-order valence-corrected chi connectivity index (χ0v) is 9.37. The van der Waals surface area contributed by atoms with Crippen LogP contribution >= 0.6 is 0 Å². The van der Waals surface area contributed by atoms with E-state index in [2.05, 4.69) is 0 Å². The average Bonchev–Trinajstić information content (AvgIpc) is 2.03. The molecule has 0 saturated carbocycles. The number of aliphatic hydroxyl groups excluding tert-OH is 1. The van der Waals surface area contributed by atoms with E-state index in [9.17, 15) is 4.79 Å². The molecule has 3 N–H and O–H groups in total. The Kier molecular flexibility index (Phi) is 9.24. The molecule has 1 amide bonds. The van der Waals surface area contributed by atoms with Crippen LogP contribution in [-0.2, 0) is 4.79 Å². The van der Waals surface area contributed by atoms with Gasteiger partial charge in [0, 0.05) is 5.92 Å². The first-order valence-corrected chi connectivity index (χ1v) is 4.80. The van der Waals surface area contributed by atoms with Crippen LogP contribution in [0.5, 0.6) is 0 Å². The molecule has 1 atom stereocenters. The number of hydrogen-bond acceptors (Lipinski definition) is 2. The van der Waals surface area contributed by atoms with Gasteiger partial charge >= 0.3 is 0 Å². The summed E-state index contributed by atoms with van der Waals surface area (Å²) in [4.78, 5) is 9.92. The van der Waals surface area contributed by atoms with Gasteiger partial charge in [-0.1, -0.05) is 34.6 Å². The molecular formula is C10H23NO2. The third-order valence-corrected chi connectivity index (χ3v) is 1.76. The summed E-state index contributed by atoms with van der Waals surface area (Å²) < 4.78 is 0. The Morgan fingerprint density at radius 1 is 1.31 bits per heavy atom. The minimum absolute atomic E-state index is 0.00926.